The molecule has 0 bridgehead atoms. The Bertz CT molecular complexity index is 701. The highest BCUT2D eigenvalue weighted by Crippen LogP contribution is 2.25. The van der Waals surface area contributed by atoms with Crippen LogP contribution in [0.4, 0.5) is 5.69 Å². The van der Waals surface area contributed by atoms with Gasteiger partial charge in [0.25, 0.3) is 11.8 Å². The minimum Gasteiger partial charge on any atom is -0.383 e. The Kier molecular flexibility index (Phi) is 3.75. The molecule has 1 heterocycles. The van der Waals surface area contributed by atoms with Gasteiger partial charge < -0.3 is 5.32 Å². The molecule has 0 fully saturated rings. The van der Waals surface area contributed by atoms with Crippen LogP contribution in [0, 0.1) is 0 Å². The molecule has 2 aromatic carbocycles. The SMILES string of the molecule is O=C1c2ccc(Br)cc2C(=O)N1CCNc1ccccc1. The number of rotatable bonds is 4. The summed E-state index contributed by atoms with van der Waals surface area (Å²) in [7, 11) is 0. The van der Waals surface area contributed by atoms with E-state index in [2.05, 4.69) is 21.2 Å². The molecule has 1 aliphatic rings. The van der Waals surface area contributed by atoms with Gasteiger partial charge in [-0.15, -0.1) is 0 Å². The van der Waals surface area contributed by atoms with E-state index in [1.165, 1.54) is 4.90 Å². The van der Waals surface area contributed by atoms with Crippen molar-refractivity contribution in [2.45, 2.75) is 0 Å². The lowest BCUT2D eigenvalue weighted by atomic mass is 10.1. The molecule has 0 atom stereocenters. The second-order valence-electron chi connectivity index (χ2n) is 4.74. The van der Waals surface area contributed by atoms with Gasteiger partial charge >= 0.3 is 0 Å². The number of hydrogen-bond acceptors (Lipinski definition) is 3. The van der Waals surface area contributed by atoms with Crippen molar-refractivity contribution in [2.24, 2.45) is 0 Å². The van der Waals surface area contributed by atoms with E-state index in [-0.39, 0.29) is 11.8 Å². The van der Waals surface area contributed by atoms with Gasteiger partial charge in [0.1, 0.15) is 0 Å². The molecule has 1 N–H and O–H groups in total. The maximum Gasteiger partial charge on any atom is 0.261 e. The summed E-state index contributed by atoms with van der Waals surface area (Å²) in [6.45, 7) is 0.871. The molecule has 0 unspecified atom stereocenters. The first-order valence-corrected chi connectivity index (χ1v) is 7.41. The molecule has 0 aromatic heterocycles. The van der Waals surface area contributed by atoms with E-state index in [1.807, 2.05) is 30.3 Å². The standard InChI is InChI=1S/C16H13BrN2O2/c17-11-6-7-13-14(10-11)16(21)19(15(13)20)9-8-18-12-4-2-1-3-5-12/h1-7,10,18H,8-9H2. The Morgan fingerprint density at radius 3 is 2.43 bits per heavy atom. The molecule has 0 saturated heterocycles. The fourth-order valence-electron chi connectivity index (χ4n) is 2.33. The van der Waals surface area contributed by atoms with Crippen LogP contribution in [-0.4, -0.2) is 29.8 Å². The van der Waals surface area contributed by atoms with Gasteiger partial charge in [-0.2, -0.15) is 0 Å². The average Bonchev–Trinajstić information content (AvgIpc) is 2.73. The highest BCUT2D eigenvalue weighted by molar-refractivity contribution is 9.10. The van der Waals surface area contributed by atoms with Crippen molar-refractivity contribution >= 4 is 33.4 Å². The summed E-state index contributed by atoms with van der Waals surface area (Å²) in [6.07, 6.45) is 0. The molecule has 0 radical (unpaired) electrons. The normalized spacial score (nSPS) is 13.5. The topological polar surface area (TPSA) is 49.4 Å². The summed E-state index contributed by atoms with van der Waals surface area (Å²) >= 11 is 3.32. The maximum atomic E-state index is 12.3. The first-order valence-electron chi connectivity index (χ1n) is 6.61. The Balaban J connectivity index is 1.68. The van der Waals surface area contributed by atoms with Crippen molar-refractivity contribution in [1.29, 1.82) is 0 Å². The number of para-hydroxylation sites is 1. The zero-order valence-corrected chi connectivity index (χ0v) is 12.8. The van der Waals surface area contributed by atoms with Crippen molar-refractivity contribution in [1.82, 2.24) is 4.90 Å². The number of amides is 2. The van der Waals surface area contributed by atoms with Crippen LogP contribution >= 0.6 is 15.9 Å². The summed E-state index contributed by atoms with van der Waals surface area (Å²) < 4.78 is 0.798. The quantitative estimate of drug-likeness (QED) is 0.866. The van der Waals surface area contributed by atoms with Gasteiger partial charge in [-0.3, -0.25) is 14.5 Å². The van der Waals surface area contributed by atoms with Crippen LogP contribution in [0.1, 0.15) is 20.7 Å². The minimum atomic E-state index is -0.230. The van der Waals surface area contributed by atoms with Crippen LogP contribution in [0.5, 0.6) is 0 Å². The highest BCUT2D eigenvalue weighted by atomic mass is 79.9. The number of fused-ring (bicyclic) bond motifs is 1. The van der Waals surface area contributed by atoms with Gasteiger partial charge in [0.05, 0.1) is 11.1 Å². The zero-order chi connectivity index (χ0) is 14.8. The van der Waals surface area contributed by atoms with Gasteiger partial charge in [0.15, 0.2) is 0 Å². The fraction of sp³-hybridized carbons (Fsp3) is 0.125. The van der Waals surface area contributed by atoms with Crippen LogP contribution < -0.4 is 5.32 Å². The van der Waals surface area contributed by atoms with E-state index in [0.717, 1.165) is 10.2 Å². The molecule has 4 nitrogen and oxygen atoms in total. The van der Waals surface area contributed by atoms with E-state index in [0.29, 0.717) is 24.2 Å². The lowest BCUT2D eigenvalue weighted by molar-refractivity contribution is 0.0660. The Morgan fingerprint density at radius 2 is 1.67 bits per heavy atom. The molecular formula is C16H13BrN2O2. The van der Waals surface area contributed by atoms with E-state index >= 15 is 0 Å². The third-order valence-electron chi connectivity index (χ3n) is 3.37. The first-order chi connectivity index (χ1) is 10.2. The number of carbonyl (C=O) groups is 2. The molecule has 0 aliphatic carbocycles. The molecule has 3 rings (SSSR count). The lowest BCUT2D eigenvalue weighted by Gasteiger charge is -2.14. The first kappa shape index (κ1) is 13.8. The number of anilines is 1. The number of carbonyl (C=O) groups excluding carboxylic acids is 2. The van der Waals surface area contributed by atoms with Gasteiger partial charge in [-0.25, -0.2) is 0 Å². The number of benzene rings is 2. The lowest BCUT2D eigenvalue weighted by Crippen LogP contribution is -2.34. The number of hydrogen-bond donors (Lipinski definition) is 1. The summed E-state index contributed by atoms with van der Waals surface area (Å²) in [5.41, 5.74) is 1.91. The monoisotopic (exact) mass is 344 g/mol. The molecule has 1 aliphatic heterocycles. The Morgan fingerprint density at radius 1 is 0.952 bits per heavy atom. The molecule has 0 spiro atoms. The second kappa shape index (κ2) is 5.69. The van der Waals surface area contributed by atoms with E-state index in [9.17, 15) is 9.59 Å². The van der Waals surface area contributed by atoms with Gasteiger partial charge in [-0.05, 0) is 30.3 Å². The van der Waals surface area contributed by atoms with Crippen LogP contribution in [-0.2, 0) is 0 Å². The third-order valence-corrected chi connectivity index (χ3v) is 3.86. The van der Waals surface area contributed by atoms with Crippen LogP contribution in [0.15, 0.2) is 53.0 Å². The van der Waals surface area contributed by atoms with E-state index in [1.54, 1.807) is 18.2 Å². The predicted molar refractivity (Wildman–Crippen MR) is 84.4 cm³/mol. The number of nitrogens with one attached hydrogen (secondary N) is 1. The molecule has 2 aromatic rings. The minimum absolute atomic E-state index is 0.225. The molecule has 21 heavy (non-hydrogen) atoms. The van der Waals surface area contributed by atoms with Gasteiger partial charge in [0.2, 0.25) is 0 Å². The zero-order valence-electron chi connectivity index (χ0n) is 11.2. The third kappa shape index (κ3) is 2.69. The van der Waals surface area contributed by atoms with E-state index < -0.39 is 0 Å². The van der Waals surface area contributed by atoms with E-state index in [4.69, 9.17) is 0 Å². The Hall–Kier alpha value is -2.14. The van der Waals surface area contributed by atoms with Gasteiger partial charge in [-0.1, -0.05) is 34.1 Å². The maximum absolute atomic E-state index is 12.3. The summed E-state index contributed by atoms with van der Waals surface area (Å²) in [4.78, 5) is 25.8. The van der Waals surface area contributed by atoms with Crippen molar-refractivity contribution in [3.63, 3.8) is 0 Å². The summed E-state index contributed by atoms with van der Waals surface area (Å²) in [6, 6.07) is 14.8. The summed E-state index contributed by atoms with van der Waals surface area (Å²) in [5, 5.41) is 3.20. The molecular weight excluding hydrogens is 332 g/mol. The number of imide groups is 1. The second-order valence-corrected chi connectivity index (χ2v) is 5.66. The summed E-state index contributed by atoms with van der Waals surface area (Å²) in [5.74, 6) is -0.455. The fourth-order valence-corrected chi connectivity index (χ4v) is 2.70. The van der Waals surface area contributed by atoms with Crippen molar-refractivity contribution in [2.75, 3.05) is 18.4 Å². The van der Waals surface area contributed by atoms with Gasteiger partial charge in [0, 0.05) is 23.2 Å². The smallest absolute Gasteiger partial charge is 0.261 e. The van der Waals surface area contributed by atoms with Crippen LogP contribution in [0.25, 0.3) is 0 Å². The number of nitrogens with zero attached hydrogens (tertiary/aromatic N) is 1. The van der Waals surface area contributed by atoms with Crippen molar-refractivity contribution in [3.8, 4) is 0 Å². The van der Waals surface area contributed by atoms with Crippen LogP contribution in [0.3, 0.4) is 0 Å². The molecule has 0 saturated carbocycles. The number of halogens is 1. The Labute approximate surface area is 130 Å². The largest absolute Gasteiger partial charge is 0.383 e. The van der Waals surface area contributed by atoms with Crippen molar-refractivity contribution in [3.05, 3.63) is 64.1 Å². The average molecular weight is 345 g/mol. The molecule has 2 amide bonds. The highest BCUT2D eigenvalue weighted by Gasteiger charge is 2.34. The van der Waals surface area contributed by atoms with Crippen molar-refractivity contribution < 1.29 is 9.59 Å². The molecule has 106 valence electrons. The predicted octanol–water partition coefficient (Wildman–Crippen LogP) is 3.16. The molecule has 5 heteroatoms. The van der Waals surface area contributed by atoms with Crippen LogP contribution in [0.2, 0.25) is 0 Å².